The van der Waals surface area contributed by atoms with Crippen molar-refractivity contribution in [3.05, 3.63) is 106 Å². The molecule has 0 aliphatic carbocycles. The summed E-state index contributed by atoms with van der Waals surface area (Å²) in [5, 5.41) is 3.12. The van der Waals surface area contributed by atoms with Gasteiger partial charge in [0.1, 0.15) is 6.04 Å². The Morgan fingerprint density at radius 1 is 0.861 bits per heavy atom. The summed E-state index contributed by atoms with van der Waals surface area (Å²) in [5.41, 5.74) is 4.00. The first-order valence-electron chi connectivity index (χ1n) is 12.6. The number of nitrogens with one attached hydrogen (secondary N) is 1. The number of amides is 2. The van der Waals surface area contributed by atoms with Crippen LogP contribution in [0.1, 0.15) is 56.4 Å². The molecule has 3 aromatic rings. The van der Waals surface area contributed by atoms with Gasteiger partial charge in [0.2, 0.25) is 11.8 Å². The quantitative estimate of drug-likeness (QED) is 0.314. The number of hydrogen-bond acceptors (Lipinski definition) is 2. The Bertz CT molecular complexity index is 1140. The normalized spacial score (nSPS) is 12.1. The Labute approximate surface area is 224 Å². The molecule has 0 aliphatic heterocycles. The van der Waals surface area contributed by atoms with Crippen molar-refractivity contribution in [1.82, 2.24) is 10.2 Å². The van der Waals surface area contributed by atoms with Crippen molar-refractivity contribution >= 4 is 27.7 Å². The summed E-state index contributed by atoms with van der Waals surface area (Å²) in [6.45, 7) is 8.39. The molecule has 3 aromatic carbocycles. The molecule has 2 amide bonds. The van der Waals surface area contributed by atoms with Crippen molar-refractivity contribution in [2.45, 2.75) is 71.5 Å². The predicted octanol–water partition coefficient (Wildman–Crippen LogP) is 6.50. The lowest BCUT2D eigenvalue weighted by molar-refractivity contribution is -0.141. The van der Waals surface area contributed by atoms with E-state index in [1.807, 2.05) is 75.4 Å². The zero-order valence-electron chi connectivity index (χ0n) is 21.8. The van der Waals surface area contributed by atoms with Crippen LogP contribution in [0, 0.1) is 0 Å². The summed E-state index contributed by atoms with van der Waals surface area (Å²) in [5.74, 6) is -0.165. The van der Waals surface area contributed by atoms with Gasteiger partial charge in [0.15, 0.2) is 0 Å². The Morgan fingerprint density at radius 3 is 2.11 bits per heavy atom. The van der Waals surface area contributed by atoms with E-state index < -0.39 is 11.6 Å². The molecule has 1 atom stereocenters. The van der Waals surface area contributed by atoms with Crippen LogP contribution < -0.4 is 5.32 Å². The highest BCUT2D eigenvalue weighted by Crippen LogP contribution is 2.20. The second-order valence-electron chi connectivity index (χ2n) is 10.3. The Hall–Kier alpha value is -2.92. The number of carbonyl (C=O) groups is 2. The maximum Gasteiger partial charge on any atom is 0.243 e. The number of rotatable bonds is 10. The van der Waals surface area contributed by atoms with Crippen molar-refractivity contribution in [3.8, 4) is 0 Å². The predicted molar refractivity (Wildman–Crippen MR) is 151 cm³/mol. The van der Waals surface area contributed by atoms with Gasteiger partial charge in [-0.25, -0.2) is 0 Å². The molecule has 0 fully saturated rings. The lowest BCUT2D eigenvalue weighted by Gasteiger charge is -2.34. The van der Waals surface area contributed by atoms with E-state index in [0.29, 0.717) is 25.8 Å². The molecule has 0 saturated heterocycles. The topological polar surface area (TPSA) is 49.4 Å². The summed E-state index contributed by atoms with van der Waals surface area (Å²) in [6.07, 6.45) is 2.42. The maximum atomic E-state index is 13.8. The third-order valence-electron chi connectivity index (χ3n) is 6.07. The highest BCUT2D eigenvalue weighted by Gasteiger charge is 2.32. The standard InChI is InChI=1S/C31H37BrN2O2/c1-5-23-14-16-24(17-15-23)18-19-29(35)34(22-26-12-9-13-27(32)20-26)28(30(36)33-31(2,3)4)21-25-10-7-6-8-11-25/h6-17,20,28H,5,18-19,21-22H2,1-4H3,(H,33,36)/t28-/m0/s1. The third-order valence-corrected chi connectivity index (χ3v) is 6.56. The van der Waals surface area contributed by atoms with Crippen LogP contribution in [-0.4, -0.2) is 28.3 Å². The van der Waals surface area contributed by atoms with Crippen molar-refractivity contribution in [2.75, 3.05) is 0 Å². The van der Waals surface area contributed by atoms with E-state index in [-0.39, 0.29) is 11.8 Å². The Kier molecular flexibility index (Phi) is 9.89. The molecule has 1 N–H and O–H groups in total. The molecule has 0 saturated carbocycles. The van der Waals surface area contributed by atoms with E-state index >= 15 is 0 Å². The van der Waals surface area contributed by atoms with Crippen molar-refractivity contribution < 1.29 is 9.59 Å². The first kappa shape index (κ1) is 27.7. The fraction of sp³-hybridized carbons (Fsp3) is 0.355. The van der Waals surface area contributed by atoms with Gasteiger partial charge in [-0.1, -0.05) is 89.6 Å². The number of carbonyl (C=O) groups excluding carboxylic acids is 2. The number of benzene rings is 3. The van der Waals surface area contributed by atoms with Gasteiger partial charge in [0.25, 0.3) is 0 Å². The molecule has 0 unspecified atom stereocenters. The van der Waals surface area contributed by atoms with Crippen LogP contribution in [0.2, 0.25) is 0 Å². The fourth-order valence-corrected chi connectivity index (χ4v) is 4.62. The minimum absolute atomic E-state index is 0.0282. The molecule has 0 aromatic heterocycles. The fourth-order valence-electron chi connectivity index (χ4n) is 4.18. The van der Waals surface area contributed by atoms with Crippen LogP contribution in [-0.2, 0) is 35.4 Å². The molecule has 3 rings (SSSR count). The molecule has 0 spiro atoms. The molecule has 5 heteroatoms. The van der Waals surface area contributed by atoms with Gasteiger partial charge in [-0.05, 0) is 68.0 Å². The first-order valence-corrected chi connectivity index (χ1v) is 13.4. The average molecular weight is 550 g/mol. The second-order valence-corrected chi connectivity index (χ2v) is 11.2. The number of aryl methyl sites for hydroxylation is 2. The Balaban J connectivity index is 1.91. The maximum absolute atomic E-state index is 13.8. The number of hydrogen-bond donors (Lipinski definition) is 1. The first-order chi connectivity index (χ1) is 17.1. The van der Waals surface area contributed by atoms with Crippen molar-refractivity contribution in [3.63, 3.8) is 0 Å². The Morgan fingerprint density at radius 2 is 1.50 bits per heavy atom. The highest BCUT2D eigenvalue weighted by molar-refractivity contribution is 9.10. The van der Waals surface area contributed by atoms with Crippen LogP contribution in [0.15, 0.2) is 83.3 Å². The van der Waals surface area contributed by atoms with Gasteiger partial charge >= 0.3 is 0 Å². The van der Waals surface area contributed by atoms with E-state index in [2.05, 4.69) is 52.4 Å². The van der Waals surface area contributed by atoms with E-state index in [1.54, 1.807) is 4.90 Å². The van der Waals surface area contributed by atoms with Crippen LogP contribution in [0.4, 0.5) is 0 Å². The minimum atomic E-state index is -0.624. The SMILES string of the molecule is CCc1ccc(CCC(=O)N(Cc2cccc(Br)c2)[C@@H](Cc2ccccc2)C(=O)NC(C)(C)C)cc1. The summed E-state index contributed by atoms with van der Waals surface area (Å²) in [4.78, 5) is 29.1. The zero-order chi connectivity index (χ0) is 26.1. The van der Waals surface area contributed by atoms with Crippen LogP contribution >= 0.6 is 15.9 Å². The van der Waals surface area contributed by atoms with Gasteiger partial charge < -0.3 is 10.2 Å². The van der Waals surface area contributed by atoms with Crippen molar-refractivity contribution in [2.24, 2.45) is 0 Å². The summed E-state index contributed by atoms with van der Waals surface area (Å²) < 4.78 is 0.946. The molecule has 36 heavy (non-hydrogen) atoms. The smallest absolute Gasteiger partial charge is 0.243 e. The molecule has 0 aliphatic rings. The van der Waals surface area contributed by atoms with E-state index in [9.17, 15) is 9.59 Å². The summed E-state index contributed by atoms with van der Waals surface area (Å²) in [7, 11) is 0. The van der Waals surface area contributed by atoms with Crippen LogP contribution in [0.3, 0.4) is 0 Å². The van der Waals surface area contributed by atoms with Gasteiger partial charge in [0.05, 0.1) is 0 Å². The monoisotopic (exact) mass is 548 g/mol. The molecular formula is C31H37BrN2O2. The molecule has 0 radical (unpaired) electrons. The number of halogens is 1. The minimum Gasteiger partial charge on any atom is -0.350 e. The summed E-state index contributed by atoms with van der Waals surface area (Å²) >= 11 is 3.54. The molecule has 0 heterocycles. The lowest BCUT2D eigenvalue weighted by Crippen LogP contribution is -2.54. The third kappa shape index (κ3) is 8.63. The van der Waals surface area contributed by atoms with Gasteiger partial charge in [-0.15, -0.1) is 0 Å². The lowest BCUT2D eigenvalue weighted by atomic mass is 9.99. The van der Waals surface area contributed by atoms with Gasteiger partial charge in [-0.3, -0.25) is 9.59 Å². The van der Waals surface area contributed by atoms with E-state index in [4.69, 9.17) is 0 Å². The van der Waals surface area contributed by atoms with Crippen molar-refractivity contribution in [1.29, 1.82) is 0 Å². The zero-order valence-corrected chi connectivity index (χ0v) is 23.3. The molecule has 0 bridgehead atoms. The molecule has 190 valence electrons. The molecular weight excluding hydrogens is 512 g/mol. The van der Waals surface area contributed by atoms with Gasteiger partial charge in [-0.2, -0.15) is 0 Å². The molecule has 4 nitrogen and oxygen atoms in total. The average Bonchev–Trinajstić information content (AvgIpc) is 2.84. The summed E-state index contributed by atoms with van der Waals surface area (Å²) in [6, 6.07) is 25.6. The number of nitrogens with zero attached hydrogens (tertiary/aromatic N) is 1. The van der Waals surface area contributed by atoms with Crippen LogP contribution in [0.25, 0.3) is 0 Å². The highest BCUT2D eigenvalue weighted by atomic mass is 79.9. The van der Waals surface area contributed by atoms with Crippen LogP contribution in [0.5, 0.6) is 0 Å². The van der Waals surface area contributed by atoms with Gasteiger partial charge in [0, 0.05) is 29.4 Å². The van der Waals surface area contributed by atoms with E-state index in [1.165, 1.54) is 5.56 Å². The largest absolute Gasteiger partial charge is 0.350 e. The second kappa shape index (κ2) is 12.9. The van der Waals surface area contributed by atoms with E-state index in [0.717, 1.165) is 27.6 Å².